The van der Waals surface area contributed by atoms with E-state index in [0.29, 0.717) is 5.57 Å². The van der Waals surface area contributed by atoms with Gasteiger partial charge >= 0.3 is 12.4 Å². The minimum atomic E-state index is -4.23. The molecule has 0 bridgehead atoms. The molecule has 0 N–H and O–H groups in total. The highest BCUT2D eigenvalue weighted by molar-refractivity contribution is 5.53. The second-order valence-electron chi connectivity index (χ2n) is 5.73. The number of halogens is 6. The molecular weight excluding hydrogens is 404 g/mol. The van der Waals surface area contributed by atoms with Gasteiger partial charge < -0.3 is 4.42 Å². The molecule has 0 aliphatic rings. The fraction of sp³-hybridized carbons (Fsp3) is 0.412. The van der Waals surface area contributed by atoms with E-state index in [-0.39, 0.29) is 18.1 Å². The quantitative estimate of drug-likeness (QED) is 0.466. The van der Waals surface area contributed by atoms with Crippen LogP contribution < -0.4 is 0 Å². The van der Waals surface area contributed by atoms with E-state index in [1.165, 1.54) is 56.5 Å². The van der Waals surface area contributed by atoms with Gasteiger partial charge in [-0.25, -0.2) is 9.67 Å². The molecule has 0 atom stereocenters. The van der Waals surface area contributed by atoms with Gasteiger partial charge in [-0.3, -0.25) is 0 Å². The molecule has 0 radical (unpaired) electrons. The molecule has 0 spiro atoms. The molecule has 0 aliphatic heterocycles. The molecule has 0 fully saturated rings. The van der Waals surface area contributed by atoms with Crippen molar-refractivity contribution in [3.8, 4) is 0 Å². The molecule has 0 saturated carbocycles. The summed E-state index contributed by atoms with van der Waals surface area (Å²) < 4.78 is 77.6. The normalized spacial score (nSPS) is 12.3. The smallest absolute Gasteiger partial charge is 0.412 e. The minimum absolute atomic E-state index is 0.0613. The van der Waals surface area contributed by atoms with Crippen molar-refractivity contribution < 1.29 is 30.8 Å². The Balaban J connectivity index is 0.000000359. The lowest BCUT2D eigenvalue weighted by atomic mass is 10.1. The number of alkyl halides is 6. The lowest BCUT2D eigenvalue weighted by Gasteiger charge is -2.10. The summed E-state index contributed by atoms with van der Waals surface area (Å²) in [6.07, 6.45) is -1.65. The average molecular weight is 423 g/mol. The van der Waals surface area contributed by atoms with Crippen LogP contribution in [0.3, 0.4) is 0 Å². The van der Waals surface area contributed by atoms with Crippen LogP contribution in [-0.4, -0.2) is 37.3 Å². The standard InChI is InChI=1S/C10H8F3N5O.C7H11F3/c11-10(12,13)4-1-2-8-14-6-18(17-8)5-3-9-16-15-7-19-9;1-4-6(5(2)3)7(8,9)10/h1-3,5-7H,4H2;4H2,1-3H3/b2-1+,5-3-;. The summed E-state index contributed by atoms with van der Waals surface area (Å²) in [6.45, 7) is 4.47. The molecule has 0 saturated heterocycles. The molecule has 0 aromatic carbocycles. The van der Waals surface area contributed by atoms with Gasteiger partial charge in [0.05, 0.1) is 6.42 Å². The number of allylic oxidation sites excluding steroid dienone is 3. The Morgan fingerprint density at radius 1 is 1.14 bits per heavy atom. The summed E-state index contributed by atoms with van der Waals surface area (Å²) in [4.78, 5) is 3.82. The molecule has 160 valence electrons. The van der Waals surface area contributed by atoms with E-state index in [2.05, 4.69) is 20.3 Å². The molecule has 0 unspecified atom stereocenters. The number of hydrogen-bond donors (Lipinski definition) is 0. The van der Waals surface area contributed by atoms with E-state index in [9.17, 15) is 26.3 Å². The molecule has 2 aromatic heterocycles. The third kappa shape index (κ3) is 9.72. The molecule has 6 nitrogen and oxygen atoms in total. The topological polar surface area (TPSA) is 69.6 Å². The van der Waals surface area contributed by atoms with Gasteiger partial charge in [0.1, 0.15) is 6.33 Å². The number of hydrogen-bond acceptors (Lipinski definition) is 5. The van der Waals surface area contributed by atoms with Crippen molar-refractivity contribution in [2.24, 2.45) is 0 Å². The van der Waals surface area contributed by atoms with E-state index in [0.717, 1.165) is 6.08 Å². The maximum Gasteiger partial charge on any atom is 0.412 e. The lowest BCUT2D eigenvalue weighted by Crippen LogP contribution is -2.12. The summed E-state index contributed by atoms with van der Waals surface area (Å²) in [5, 5.41) is 11.0. The molecular formula is C17H19F6N5O. The third-order valence-electron chi connectivity index (χ3n) is 3.19. The fourth-order valence-electron chi connectivity index (χ4n) is 1.97. The van der Waals surface area contributed by atoms with Crippen molar-refractivity contribution >= 4 is 18.4 Å². The predicted octanol–water partition coefficient (Wildman–Crippen LogP) is 5.55. The van der Waals surface area contributed by atoms with Gasteiger partial charge in [-0.15, -0.1) is 15.3 Å². The predicted molar refractivity (Wildman–Crippen MR) is 94.0 cm³/mol. The maximum atomic E-state index is 11.9. The first kappa shape index (κ1) is 24.1. The Morgan fingerprint density at radius 3 is 2.28 bits per heavy atom. The van der Waals surface area contributed by atoms with Gasteiger partial charge in [0.15, 0.2) is 5.82 Å². The van der Waals surface area contributed by atoms with Crippen LogP contribution in [0.2, 0.25) is 0 Å². The Morgan fingerprint density at radius 2 is 1.83 bits per heavy atom. The van der Waals surface area contributed by atoms with Gasteiger partial charge in [-0.2, -0.15) is 26.3 Å². The Bertz CT molecular complexity index is 827. The van der Waals surface area contributed by atoms with Gasteiger partial charge in [-0.05, 0) is 26.3 Å². The Labute approximate surface area is 162 Å². The first-order chi connectivity index (χ1) is 13.4. The summed E-state index contributed by atoms with van der Waals surface area (Å²) >= 11 is 0. The van der Waals surface area contributed by atoms with Crippen LogP contribution in [0.4, 0.5) is 26.3 Å². The highest BCUT2D eigenvalue weighted by Gasteiger charge is 2.32. The largest absolute Gasteiger partial charge is 0.424 e. The Hall–Kier alpha value is -2.92. The molecule has 2 aromatic rings. The number of nitrogens with zero attached hydrogens (tertiary/aromatic N) is 5. The number of rotatable bonds is 5. The van der Waals surface area contributed by atoms with Crippen LogP contribution >= 0.6 is 0 Å². The third-order valence-corrected chi connectivity index (χ3v) is 3.19. The van der Waals surface area contributed by atoms with Gasteiger partial charge in [0.2, 0.25) is 12.3 Å². The molecule has 2 heterocycles. The van der Waals surface area contributed by atoms with Gasteiger partial charge in [-0.1, -0.05) is 18.6 Å². The zero-order valence-electron chi connectivity index (χ0n) is 15.8. The molecule has 0 amide bonds. The second-order valence-corrected chi connectivity index (χ2v) is 5.73. The van der Waals surface area contributed by atoms with Crippen molar-refractivity contribution in [3.63, 3.8) is 0 Å². The maximum absolute atomic E-state index is 11.9. The molecule has 2 rings (SSSR count). The van der Waals surface area contributed by atoms with Crippen molar-refractivity contribution in [1.82, 2.24) is 25.0 Å². The average Bonchev–Trinajstić information content (AvgIpc) is 3.22. The molecule has 12 heteroatoms. The van der Waals surface area contributed by atoms with Crippen molar-refractivity contribution in [2.75, 3.05) is 0 Å². The Kier molecular flexibility index (Phi) is 8.80. The van der Waals surface area contributed by atoms with Crippen LogP contribution in [-0.2, 0) is 0 Å². The monoisotopic (exact) mass is 423 g/mol. The van der Waals surface area contributed by atoms with E-state index < -0.39 is 24.3 Å². The zero-order valence-corrected chi connectivity index (χ0v) is 15.8. The highest BCUT2D eigenvalue weighted by Crippen LogP contribution is 2.30. The van der Waals surface area contributed by atoms with Crippen LogP contribution in [0.25, 0.3) is 18.4 Å². The van der Waals surface area contributed by atoms with E-state index in [1.54, 1.807) is 0 Å². The van der Waals surface area contributed by atoms with Crippen molar-refractivity contribution in [2.45, 2.75) is 46.0 Å². The van der Waals surface area contributed by atoms with Crippen LogP contribution in [0, 0.1) is 0 Å². The fourth-order valence-corrected chi connectivity index (χ4v) is 1.97. The van der Waals surface area contributed by atoms with Crippen LogP contribution in [0.1, 0.15) is 45.3 Å². The summed E-state index contributed by atoms with van der Waals surface area (Å²) in [7, 11) is 0. The molecule has 29 heavy (non-hydrogen) atoms. The van der Waals surface area contributed by atoms with Crippen molar-refractivity contribution in [1.29, 1.82) is 0 Å². The minimum Gasteiger partial charge on any atom is -0.424 e. The second kappa shape index (κ2) is 10.6. The first-order valence-electron chi connectivity index (χ1n) is 8.24. The number of aromatic nitrogens is 5. The molecule has 0 aliphatic carbocycles. The van der Waals surface area contributed by atoms with Crippen molar-refractivity contribution in [3.05, 3.63) is 41.7 Å². The zero-order chi connectivity index (χ0) is 22.1. The lowest BCUT2D eigenvalue weighted by molar-refractivity contribution is -0.124. The first-order valence-corrected chi connectivity index (χ1v) is 8.24. The van der Waals surface area contributed by atoms with Crippen LogP contribution in [0.5, 0.6) is 0 Å². The summed E-state index contributed by atoms with van der Waals surface area (Å²) in [5.74, 6) is 0.462. The summed E-state index contributed by atoms with van der Waals surface area (Å²) in [6, 6.07) is 0. The van der Waals surface area contributed by atoms with E-state index >= 15 is 0 Å². The highest BCUT2D eigenvalue weighted by atomic mass is 19.4. The SMILES string of the molecule is CCC(=C(C)C)C(F)(F)F.FC(F)(F)C/C=C/c1ncn(/C=C\c2nnco2)n1. The van der Waals surface area contributed by atoms with Gasteiger partial charge in [0.25, 0.3) is 0 Å². The van der Waals surface area contributed by atoms with E-state index in [4.69, 9.17) is 4.42 Å². The van der Waals surface area contributed by atoms with Gasteiger partial charge in [0, 0.05) is 17.8 Å². The van der Waals surface area contributed by atoms with Crippen LogP contribution in [0.15, 0.2) is 34.4 Å². The van der Waals surface area contributed by atoms with E-state index in [1.807, 2.05) is 0 Å². The summed E-state index contributed by atoms with van der Waals surface area (Å²) in [5.41, 5.74) is -0.0532.